The van der Waals surface area contributed by atoms with Crippen molar-refractivity contribution in [3.8, 4) is 11.1 Å². The third-order valence-electron chi connectivity index (χ3n) is 2.55. The molecule has 0 bridgehead atoms. The molecule has 4 heteroatoms. The third kappa shape index (κ3) is 2.18. The Labute approximate surface area is 102 Å². The number of benzene rings is 2. The first-order valence-electron chi connectivity index (χ1n) is 5.15. The van der Waals surface area contributed by atoms with Gasteiger partial charge in [-0.25, -0.2) is 8.78 Å². The molecule has 0 spiro atoms. The summed E-state index contributed by atoms with van der Waals surface area (Å²) < 4.78 is 27.4. The van der Waals surface area contributed by atoms with E-state index in [1.165, 1.54) is 24.3 Å². The lowest BCUT2D eigenvalue weighted by Gasteiger charge is -2.06. The fourth-order valence-corrected chi connectivity index (χ4v) is 1.65. The molecule has 0 saturated heterocycles. The van der Waals surface area contributed by atoms with Gasteiger partial charge >= 0.3 is 0 Å². The lowest BCUT2D eigenvalue weighted by atomic mass is 10.0. The van der Waals surface area contributed by atoms with Crippen LogP contribution in [-0.2, 0) is 0 Å². The second-order valence-corrected chi connectivity index (χ2v) is 3.71. The first kappa shape index (κ1) is 12.1. The van der Waals surface area contributed by atoms with E-state index in [9.17, 15) is 18.4 Å². The molecule has 0 amide bonds. The Balaban J connectivity index is 2.55. The molecule has 0 aliphatic carbocycles. The summed E-state index contributed by atoms with van der Waals surface area (Å²) >= 11 is 0. The topological polar surface area (TPSA) is 34.1 Å². The van der Waals surface area contributed by atoms with Gasteiger partial charge in [-0.05, 0) is 12.1 Å². The zero-order chi connectivity index (χ0) is 13.1. The van der Waals surface area contributed by atoms with Gasteiger partial charge < -0.3 is 0 Å². The van der Waals surface area contributed by atoms with E-state index in [1.807, 2.05) is 0 Å². The lowest BCUT2D eigenvalue weighted by molar-refractivity contribution is 0.111. The molecule has 0 radical (unpaired) electrons. The Bertz CT molecular complexity index is 566. The Hall–Kier alpha value is -2.36. The summed E-state index contributed by atoms with van der Waals surface area (Å²) in [4.78, 5) is 21.0. The molecule has 2 nitrogen and oxygen atoms in total. The van der Waals surface area contributed by atoms with E-state index in [1.54, 1.807) is 0 Å². The maximum absolute atomic E-state index is 13.7. The van der Waals surface area contributed by atoms with Crippen molar-refractivity contribution in [1.29, 1.82) is 0 Å². The summed E-state index contributed by atoms with van der Waals surface area (Å²) in [6, 6.07) is 7.54. The number of rotatable bonds is 3. The van der Waals surface area contributed by atoms with Crippen LogP contribution in [0, 0.1) is 11.6 Å². The summed E-state index contributed by atoms with van der Waals surface area (Å²) in [5.74, 6) is -1.37. The van der Waals surface area contributed by atoms with E-state index < -0.39 is 11.6 Å². The minimum Gasteiger partial charge on any atom is -0.298 e. The van der Waals surface area contributed by atoms with Crippen LogP contribution in [0.25, 0.3) is 11.1 Å². The molecule has 0 heterocycles. The standard InChI is InChI=1S/C14H8F2O2/c15-13-5-9(7-17)1-3-11(13)12-4-2-10(8-18)6-14(12)16/h1-8H. The Kier molecular flexibility index (Phi) is 3.28. The van der Waals surface area contributed by atoms with Crippen molar-refractivity contribution in [1.82, 2.24) is 0 Å². The fraction of sp³-hybridized carbons (Fsp3) is 0. The van der Waals surface area contributed by atoms with E-state index in [0.717, 1.165) is 12.1 Å². The van der Waals surface area contributed by atoms with Gasteiger partial charge in [0, 0.05) is 22.3 Å². The van der Waals surface area contributed by atoms with Crippen LogP contribution >= 0.6 is 0 Å². The van der Waals surface area contributed by atoms with Crippen molar-refractivity contribution in [2.45, 2.75) is 0 Å². The smallest absolute Gasteiger partial charge is 0.150 e. The van der Waals surface area contributed by atoms with Crippen LogP contribution in [0.3, 0.4) is 0 Å². The van der Waals surface area contributed by atoms with Crippen molar-refractivity contribution in [3.63, 3.8) is 0 Å². The number of hydrogen-bond acceptors (Lipinski definition) is 2. The summed E-state index contributed by atoms with van der Waals surface area (Å²) in [5.41, 5.74) is 0.466. The Morgan fingerprint density at radius 2 is 1.11 bits per heavy atom. The molecule has 2 aromatic carbocycles. The molecule has 0 aliphatic rings. The van der Waals surface area contributed by atoms with Gasteiger partial charge in [-0.1, -0.05) is 24.3 Å². The molecular weight excluding hydrogens is 238 g/mol. The maximum atomic E-state index is 13.7. The van der Waals surface area contributed by atoms with E-state index >= 15 is 0 Å². The molecule has 0 saturated carbocycles. The minimum absolute atomic E-state index is 0.0514. The molecule has 90 valence electrons. The Morgan fingerprint density at radius 3 is 1.39 bits per heavy atom. The summed E-state index contributed by atoms with van der Waals surface area (Å²) in [6.07, 6.45) is 1.03. The second kappa shape index (κ2) is 4.87. The summed E-state index contributed by atoms with van der Waals surface area (Å²) in [5, 5.41) is 0. The molecular formula is C14H8F2O2. The highest BCUT2D eigenvalue weighted by Crippen LogP contribution is 2.26. The third-order valence-corrected chi connectivity index (χ3v) is 2.55. The molecule has 0 atom stereocenters. The first-order chi connectivity index (χ1) is 8.65. The largest absolute Gasteiger partial charge is 0.298 e. The summed E-state index contributed by atoms with van der Waals surface area (Å²) in [6.45, 7) is 0. The number of carbonyl (C=O) groups excluding carboxylic acids is 2. The molecule has 0 unspecified atom stereocenters. The summed E-state index contributed by atoms with van der Waals surface area (Å²) in [7, 11) is 0. The molecule has 2 aromatic rings. The number of aldehydes is 2. The van der Waals surface area contributed by atoms with Gasteiger partial charge in [0.1, 0.15) is 24.2 Å². The maximum Gasteiger partial charge on any atom is 0.150 e. The van der Waals surface area contributed by atoms with E-state index in [0.29, 0.717) is 12.6 Å². The minimum atomic E-state index is -0.683. The van der Waals surface area contributed by atoms with Crippen molar-refractivity contribution < 1.29 is 18.4 Å². The molecule has 18 heavy (non-hydrogen) atoms. The van der Waals surface area contributed by atoms with Gasteiger partial charge in [0.25, 0.3) is 0 Å². The quantitative estimate of drug-likeness (QED) is 0.779. The molecule has 0 aromatic heterocycles. The molecule has 0 fully saturated rings. The van der Waals surface area contributed by atoms with Gasteiger partial charge in [0.15, 0.2) is 0 Å². The highest BCUT2D eigenvalue weighted by atomic mass is 19.1. The van der Waals surface area contributed by atoms with Crippen LogP contribution in [0.15, 0.2) is 36.4 Å². The predicted molar refractivity (Wildman–Crippen MR) is 62.6 cm³/mol. The van der Waals surface area contributed by atoms with E-state index in [2.05, 4.69) is 0 Å². The number of hydrogen-bond donors (Lipinski definition) is 0. The SMILES string of the molecule is O=Cc1ccc(-c2ccc(C=O)cc2F)c(F)c1. The van der Waals surface area contributed by atoms with Crippen LogP contribution in [-0.4, -0.2) is 12.6 Å². The zero-order valence-corrected chi connectivity index (χ0v) is 9.19. The average Bonchev–Trinajstić information content (AvgIpc) is 2.39. The Morgan fingerprint density at radius 1 is 0.722 bits per heavy atom. The van der Waals surface area contributed by atoms with Crippen molar-refractivity contribution in [2.75, 3.05) is 0 Å². The monoisotopic (exact) mass is 246 g/mol. The van der Waals surface area contributed by atoms with Gasteiger partial charge in [-0.2, -0.15) is 0 Å². The molecule has 0 N–H and O–H groups in total. The van der Waals surface area contributed by atoms with Crippen LogP contribution in [0.2, 0.25) is 0 Å². The van der Waals surface area contributed by atoms with Gasteiger partial charge in [-0.3, -0.25) is 9.59 Å². The van der Waals surface area contributed by atoms with Crippen LogP contribution in [0.4, 0.5) is 8.78 Å². The van der Waals surface area contributed by atoms with Crippen molar-refractivity contribution in [3.05, 3.63) is 59.2 Å². The van der Waals surface area contributed by atoms with Crippen molar-refractivity contribution >= 4 is 12.6 Å². The first-order valence-corrected chi connectivity index (χ1v) is 5.15. The number of halogens is 2. The molecule has 2 rings (SSSR count). The van der Waals surface area contributed by atoms with Crippen LogP contribution < -0.4 is 0 Å². The fourth-order valence-electron chi connectivity index (χ4n) is 1.65. The predicted octanol–water partition coefficient (Wildman–Crippen LogP) is 3.26. The van der Waals surface area contributed by atoms with Crippen LogP contribution in [0.1, 0.15) is 20.7 Å². The zero-order valence-electron chi connectivity index (χ0n) is 9.19. The lowest BCUT2D eigenvalue weighted by Crippen LogP contribution is -1.92. The average molecular weight is 246 g/mol. The van der Waals surface area contributed by atoms with Gasteiger partial charge in [0.2, 0.25) is 0 Å². The van der Waals surface area contributed by atoms with E-state index in [4.69, 9.17) is 0 Å². The van der Waals surface area contributed by atoms with E-state index in [-0.39, 0.29) is 22.3 Å². The van der Waals surface area contributed by atoms with Gasteiger partial charge in [0.05, 0.1) is 0 Å². The van der Waals surface area contributed by atoms with Crippen molar-refractivity contribution in [2.24, 2.45) is 0 Å². The number of carbonyl (C=O) groups is 2. The molecule has 0 aliphatic heterocycles. The van der Waals surface area contributed by atoms with Crippen LogP contribution in [0.5, 0.6) is 0 Å². The highest BCUT2D eigenvalue weighted by Gasteiger charge is 2.11. The second-order valence-electron chi connectivity index (χ2n) is 3.71. The normalized spacial score (nSPS) is 10.1. The van der Waals surface area contributed by atoms with Gasteiger partial charge in [-0.15, -0.1) is 0 Å². The highest BCUT2D eigenvalue weighted by molar-refractivity contribution is 5.79.